The van der Waals surface area contributed by atoms with Gasteiger partial charge in [0.25, 0.3) is 0 Å². The van der Waals surface area contributed by atoms with Crippen molar-refractivity contribution in [3.8, 4) is 17.0 Å². The van der Waals surface area contributed by atoms with Gasteiger partial charge in [-0.05, 0) is 44.4 Å². The molecule has 0 bridgehead atoms. The zero-order chi connectivity index (χ0) is 13.9. The summed E-state index contributed by atoms with van der Waals surface area (Å²) in [5.41, 5.74) is 3.32. The lowest BCUT2D eigenvalue weighted by Crippen LogP contribution is -2.15. The van der Waals surface area contributed by atoms with Crippen molar-refractivity contribution in [1.29, 1.82) is 0 Å². The number of hydrogen-bond acceptors (Lipinski definition) is 4. The predicted octanol–water partition coefficient (Wildman–Crippen LogP) is 3.63. The number of rotatable bonds is 6. The molecule has 20 heavy (non-hydrogen) atoms. The number of nitrogens with one attached hydrogen (secondary N) is 1. The van der Waals surface area contributed by atoms with Crippen molar-refractivity contribution >= 4 is 11.3 Å². The van der Waals surface area contributed by atoms with Crippen LogP contribution in [0.1, 0.15) is 23.4 Å². The van der Waals surface area contributed by atoms with Crippen molar-refractivity contribution in [1.82, 2.24) is 10.3 Å². The Morgan fingerprint density at radius 2 is 2.25 bits per heavy atom. The molecule has 1 saturated carbocycles. The van der Waals surface area contributed by atoms with E-state index in [1.54, 1.807) is 18.4 Å². The van der Waals surface area contributed by atoms with E-state index < -0.39 is 0 Å². The molecule has 2 aromatic rings. The first-order valence-electron chi connectivity index (χ1n) is 7.06. The Kier molecular flexibility index (Phi) is 4.03. The molecule has 1 fully saturated rings. The summed E-state index contributed by atoms with van der Waals surface area (Å²) in [6.45, 7) is 4.09. The Bertz CT molecular complexity index is 590. The second kappa shape index (κ2) is 5.94. The van der Waals surface area contributed by atoms with Gasteiger partial charge in [-0.3, -0.25) is 0 Å². The minimum atomic E-state index is 0.870. The molecular weight excluding hydrogens is 268 g/mol. The van der Waals surface area contributed by atoms with Crippen LogP contribution in [0.3, 0.4) is 0 Å². The lowest BCUT2D eigenvalue weighted by Gasteiger charge is -2.07. The topological polar surface area (TPSA) is 34.1 Å². The molecule has 3 rings (SSSR count). The van der Waals surface area contributed by atoms with E-state index in [0.717, 1.165) is 41.0 Å². The van der Waals surface area contributed by atoms with Crippen LogP contribution in [0.25, 0.3) is 11.3 Å². The quantitative estimate of drug-likeness (QED) is 0.881. The second-order valence-corrected chi connectivity index (χ2v) is 6.35. The second-order valence-electron chi connectivity index (χ2n) is 5.40. The van der Waals surface area contributed by atoms with Gasteiger partial charge >= 0.3 is 0 Å². The molecule has 4 heteroatoms. The van der Waals surface area contributed by atoms with Gasteiger partial charge in [0.05, 0.1) is 12.8 Å². The Labute approximate surface area is 124 Å². The van der Waals surface area contributed by atoms with Crippen LogP contribution in [0.2, 0.25) is 0 Å². The molecule has 1 N–H and O–H groups in total. The summed E-state index contributed by atoms with van der Waals surface area (Å²) in [7, 11) is 1.71. The number of methoxy groups -OCH3 is 1. The molecule has 1 heterocycles. The van der Waals surface area contributed by atoms with Crippen LogP contribution in [0.5, 0.6) is 5.75 Å². The maximum Gasteiger partial charge on any atom is 0.128 e. The van der Waals surface area contributed by atoms with E-state index in [4.69, 9.17) is 9.72 Å². The monoisotopic (exact) mass is 288 g/mol. The minimum Gasteiger partial charge on any atom is -0.496 e. The van der Waals surface area contributed by atoms with Crippen LogP contribution in [-0.4, -0.2) is 18.6 Å². The number of hydrogen-bond donors (Lipinski definition) is 1. The predicted molar refractivity (Wildman–Crippen MR) is 83.3 cm³/mol. The molecule has 0 atom stereocenters. The molecule has 0 radical (unpaired) electrons. The number of nitrogens with zero attached hydrogens (tertiary/aromatic N) is 1. The standard InChI is InChI=1S/C16H20N2OS/c1-11-3-6-15(19-2)13(7-11)14-10-20-16(18-14)9-17-8-12-4-5-12/h3,6-7,10,12,17H,4-5,8-9H2,1-2H3. The molecule has 106 valence electrons. The first kappa shape index (κ1) is 13.6. The van der Waals surface area contributed by atoms with E-state index in [0.29, 0.717) is 0 Å². The van der Waals surface area contributed by atoms with Crippen molar-refractivity contribution in [2.24, 2.45) is 5.92 Å². The van der Waals surface area contributed by atoms with E-state index in [1.165, 1.54) is 18.4 Å². The van der Waals surface area contributed by atoms with Gasteiger partial charge in [0.1, 0.15) is 10.8 Å². The third-order valence-electron chi connectivity index (χ3n) is 3.59. The van der Waals surface area contributed by atoms with Gasteiger partial charge in [0.15, 0.2) is 0 Å². The maximum atomic E-state index is 5.43. The minimum absolute atomic E-state index is 0.870. The molecule has 0 amide bonds. The zero-order valence-corrected chi connectivity index (χ0v) is 12.8. The average molecular weight is 288 g/mol. The number of ether oxygens (including phenoxy) is 1. The summed E-state index contributed by atoms with van der Waals surface area (Å²) >= 11 is 1.71. The summed E-state index contributed by atoms with van der Waals surface area (Å²) in [4.78, 5) is 4.72. The Hall–Kier alpha value is -1.39. The summed E-state index contributed by atoms with van der Waals surface area (Å²) in [5, 5.41) is 6.74. The van der Waals surface area contributed by atoms with Crippen LogP contribution in [-0.2, 0) is 6.54 Å². The van der Waals surface area contributed by atoms with Gasteiger partial charge in [-0.25, -0.2) is 4.98 Å². The van der Waals surface area contributed by atoms with Gasteiger partial charge in [-0.15, -0.1) is 11.3 Å². The molecule has 1 aliphatic carbocycles. The molecule has 1 aliphatic rings. The third kappa shape index (κ3) is 3.19. The van der Waals surface area contributed by atoms with Crippen molar-refractivity contribution in [3.05, 3.63) is 34.2 Å². The molecule has 0 spiro atoms. The summed E-state index contributed by atoms with van der Waals surface area (Å²) in [6.07, 6.45) is 2.77. The van der Waals surface area contributed by atoms with E-state index >= 15 is 0 Å². The fourth-order valence-electron chi connectivity index (χ4n) is 2.24. The lowest BCUT2D eigenvalue weighted by atomic mass is 10.1. The highest BCUT2D eigenvalue weighted by molar-refractivity contribution is 7.09. The summed E-state index contributed by atoms with van der Waals surface area (Å²) in [6, 6.07) is 6.21. The molecule has 3 nitrogen and oxygen atoms in total. The van der Waals surface area contributed by atoms with E-state index in [1.807, 2.05) is 6.07 Å². The summed E-state index contributed by atoms with van der Waals surface area (Å²) in [5.74, 6) is 1.80. The van der Waals surface area contributed by atoms with Gasteiger partial charge in [-0.2, -0.15) is 0 Å². The van der Waals surface area contributed by atoms with E-state index in [-0.39, 0.29) is 0 Å². The third-order valence-corrected chi connectivity index (χ3v) is 4.44. The molecule has 1 aromatic carbocycles. The normalized spacial score (nSPS) is 14.5. The average Bonchev–Trinajstić information content (AvgIpc) is 3.15. The SMILES string of the molecule is COc1ccc(C)cc1-c1csc(CNCC2CC2)n1. The van der Waals surface area contributed by atoms with Crippen LogP contribution in [0, 0.1) is 12.8 Å². The number of aromatic nitrogens is 1. The van der Waals surface area contributed by atoms with E-state index in [9.17, 15) is 0 Å². The highest BCUT2D eigenvalue weighted by Gasteiger charge is 2.20. The summed E-state index contributed by atoms with van der Waals surface area (Å²) < 4.78 is 5.43. The van der Waals surface area contributed by atoms with Gasteiger partial charge in [0.2, 0.25) is 0 Å². The number of benzene rings is 1. The Morgan fingerprint density at radius 1 is 1.40 bits per heavy atom. The molecule has 0 aliphatic heterocycles. The zero-order valence-electron chi connectivity index (χ0n) is 12.0. The number of thiazole rings is 1. The van der Waals surface area contributed by atoms with Crippen LogP contribution in [0.4, 0.5) is 0 Å². The van der Waals surface area contributed by atoms with Crippen molar-refractivity contribution in [2.75, 3.05) is 13.7 Å². The fraction of sp³-hybridized carbons (Fsp3) is 0.438. The van der Waals surface area contributed by atoms with Crippen molar-refractivity contribution in [3.63, 3.8) is 0 Å². The van der Waals surface area contributed by atoms with Crippen LogP contribution < -0.4 is 10.1 Å². The highest BCUT2D eigenvalue weighted by atomic mass is 32.1. The molecule has 0 saturated heterocycles. The smallest absolute Gasteiger partial charge is 0.128 e. The van der Waals surface area contributed by atoms with Crippen LogP contribution in [0.15, 0.2) is 23.6 Å². The van der Waals surface area contributed by atoms with Crippen molar-refractivity contribution in [2.45, 2.75) is 26.3 Å². The first-order chi connectivity index (χ1) is 9.76. The molecular formula is C16H20N2OS. The molecule has 0 unspecified atom stereocenters. The van der Waals surface area contributed by atoms with Gasteiger partial charge < -0.3 is 10.1 Å². The fourth-order valence-corrected chi connectivity index (χ4v) is 3.01. The number of aryl methyl sites for hydroxylation is 1. The lowest BCUT2D eigenvalue weighted by molar-refractivity contribution is 0.416. The van der Waals surface area contributed by atoms with Crippen molar-refractivity contribution < 1.29 is 4.74 Å². The van der Waals surface area contributed by atoms with Gasteiger partial charge in [-0.1, -0.05) is 11.6 Å². The Balaban J connectivity index is 1.73. The van der Waals surface area contributed by atoms with E-state index in [2.05, 4.69) is 29.8 Å². The van der Waals surface area contributed by atoms with Gasteiger partial charge in [0, 0.05) is 17.5 Å². The van der Waals surface area contributed by atoms with Crippen LogP contribution >= 0.6 is 11.3 Å². The maximum absolute atomic E-state index is 5.43. The largest absolute Gasteiger partial charge is 0.496 e. The molecule has 1 aromatic heterocycles. The highest BCUT2D eigenvalue weighted by Crippen LogP contribution is 2.32. The Morgan fingerprint density at radius 3 is 3.00 bits per heavy atom. The first-order valence-corrected chi connectivity index (χ1v) is 7.94.